The SMILES string of the molecule is OC(c1c[nH]c2cccc(Cl)c12)C1CCCCN1. The third-order valence-electron chi connectivity index (χ3n) is 3.73. The minimum Gasteiger partial charge on any atom is -0.387 e. The summed E-state index contributed by atoms with van der Waals surface area (Å²) < 4.78 is 0. The van der Waals surface area contributed by atoms with E-state index in [4.69, 9.17) is 11.6 Å². The molecule has 1 aliphatic rings. The number of fused-ring (bicyclic) bond motifs is 1. The summed E-state index contributed by atoms with van der Waals surface area (Å²) >= 11 is 6.24. The first-order valence-electron chi connectivity index (χ1n) is 6.44. The molecule has 2 heterocycles. The van der Waals surface area contributed by atoms with Crippen LogP contribution < -0.4 is 5.32 Å². The normalized spacial score (nSPS) is 22.2. The lowest BCUT2D eigenvalue weighted by Crippen LogP contribution is -2.38. The zero-order chi connectivity index (χ0) is 12.5. The molecular formula is C14H17ClN2O. The van der Waals surface area contributed by atoms with E-state index in [1.807, 2.05) is 24.4 Å². The second-order valence-corrected chi connectivity index (χ2v) is 5.31. The maximum Gasteiger partial charge on any atom is 0.0964 e. The Hall–Kier alpha value is -1.03. The van der Waals surface area contributed by atoms with Gasteiger partial charge in [-0.3, -0.25) is 0 Å². The van der Waals surface area contributed by atoms with Gasteiger partial charge in [-0.2, -0.15) is 0 Å². The van der Waals surface area contributed by atoms with Gasteiger partial charge in [-0.05, 0) is 31.5 Å². The highest BCUT2D eigenvalue weighted by molar-refractivity contribution is 6.35. The number of benzene rings is 1. The molecule has 3 N–H and O–H groups in total. The third kappa shape index (κ3) is 2.03. The zero-order valence-electron chi connectivity index (χ0n) is 10.1. The van der Waals surface area contributed by atoms with Crippen LogP contribution in [0.25, 0.3) is 10.9 Å². The molecule has 96 valence electrons. The number of hydrogen-bond acceptors (Lipinski definition) is 2. The highest BCUT2D eigenvalue weighted by Gasteiger charge is 2.25. The van der Waals surface area contributed by atoms with Gasteiger partial charge in [0.05, 0.1) is 11.1 Å². The van der Waals surface area contributed by atoms with E-state index in [9.17, 15) is 5.11 Å². The van der Waals surface area contributed by atoms with Gasteiger partial charge in [0.1, 0.15) is 0 Å². The van der Waals surface area contributed by atoms with Crippen molar-refractivity contribution in [1.82, 2.24) is 10.3 Å². The Bertz CT molecular complexity index is 546. The fourth-order valence-corrected chi connectivity index (χ4v) is 3.05. The van der Waals surface area contributed by atoms with Crippen molar-refractivity contribution in [3.8, 4) is 0 Å². The van der Waals surface area contributed by atoms with Gasteiger partial charge in [0.15, 0.2) is 0 Å². The van der Waals surface area contributed by atoms with Crippen LogP contribution in [0.2, 0.25) is 5.02 Å². The molecule has 0 aliphatic carbocycles. The van der Waals surface area contributed by atoms with Crippen LogP contribution >= 0.6 is 11.6 Å². The highest BCUT2D eigenvalue weighted by atomic mass is 35.5. The molecule has 3 nitrogen and oxygen atoms in total. The molecule has 4 heteroatoms. The first-order chi connectivity index (χ1) is 8.77. The topological polar surface area (TPSA) is 48.0 Å². The number of H-pyrrole nitrogens is 1. The summed E-state index contributed by atoms with van der Waals surface area (Å²) in [5, 5.41) is 15.5. The van der Waals surface area contributed by atoms with Crippen LogP contribution in [-0.2, 0) is 0 Å². The van der Waals surface area contributed by atoms with E-state index in [-0.39, 0.29) is 6.04 Å². The number of halogens is 1. The summed E-state index contributed by atoms with van der Waals surface area (Å²) in [7, 11) is 0. The van der Waals surface area contributed by atoms with Crippen LogP contribution in [-0.4, -0.2) is 22.7 Å². The fraction of sp³-hybridized carbons (Fsp3) is 0.429. The molecule has 2 atom stereocenters. The number of hydrogen-bond donors (Lipinski definition) is 3. The van der Waals surface area contributed by atoms with Gasteiger partial charge in [0.25, 0.3) is 0 Å². The predicted octanol–water partition coefficient (Wildman–Crippen LogP) is 3.00. The van der Waals surface area contributed by atoms with Crippen molar-refractivity contribution in [2.45, 2.75) is 31.4 Å². The van der Waals surface area contributed by atoms with E-state index in [0.717, 1.165) is 29.4 Å². The van der Waals surface area contributed by atoms with Gasteiger partial charge in [-0.25, -0.2) is 0 Å². The van der Waals surface area contributed by atoms with Crippen molar-refractivity contribution in [1.29, 1.82) is 0 Å². The largest absolute Gasteiger partial charge is 0.387 e. The van der Waals surface area contributed by atoms with Crippen LogP contribution in [0.5, 0.6) is 0 Å². The van der Waals surface area contributed by atoms with E-state index < -0.39 is 6.10 Å². The number of aliphatic hydroxyl groups excluding tert-OH is 1. The van der Waals surface area contributed by atoms with E-state index >= 15 is 0 Å². The van der Waals surface area contributed by atoms with Crippen LogP contribution in [0.4, 0.5) is 0 Å². The molecule has 2 unspecified atom stereocenters. The fourth-order valence-electron chi connectivity index (χ4n) is 2.76. The Labute approximate surface area is 111 Å². The molecule has 0 bridgehead atoms. The summed E-state index contributed by atoms with van der Waals surface area (Å²) in [6, 6.07) is 5.89. The van der Waals surface area contributed by atoms with Crippen LogP contribution in [0.3, 0.4) is 0 Å². The molecule has 1 saturated heterocycles. The summed E-state index contributed by atoms with van der Waals surface area (Å²) in [6.07, 6.45) is 4.75. The standard InChI is InChI=1S/C14H17ClN2O/c15-10-4-3-6-11-13(10)9(8-17-11)14(18)12-5-1-2-7-16-12/h3-4,6,8,12,14,16-18H,1-2,5,7H2. The van der Waals surface area contributed by atoms with Crippen molar-refractivity contribution >= 4 is 22.5 Å². The van der Waals surface area contributed by atoms with Crippen molar-refractivity contribution in [3.63, 3.8) is 0 Å². The molecule has 1 aliphatic heterocycles. The Morgan fingerprint density at radius 3 is 3.00 bits per heavy atom. The average molecular weight is 265 g/mol. The van der Waals surface area contributed by atoms with Crippen LogP contribution in [0, 0.1) is 0 Å². The summed E-state index contributed by atoms with van der Waals surface area (Å²) in [4.78, 5) is 3.18. The van der Waals surface area contributed by atoms with Crippen LogP contribution in [0.15, 0.2) is 24.4 Å². The number of aromatic nitrogens is 1. The van der Waals surface area contributed by atoms with Crippen molar-refractivity contribution in [3.05, 3.63) is 35.0 Å². The van der Waals surface area contributed by atoms with Crippen molar-refractivity contribution < 1.29 is 5.11 Å². The molecule has 0 saturated carbocycles. The molecule has 1 aromatic carbocycles. The molecule has 1 fully saturated rings. The van der Waals surface area contributed by atoms with E-state index in [1.54, 1.807) is 0 Å². The second kappa shape index (κ2) is 4.92. The first-order valence-corrected chi connectivity index (χ1v) is 6.82. The molecule has 0 radical (unpaired) electrons. The van der Waals surface area contributed by atoms with Crippen LogP contribution in [0.1, 0.15) is 30.9 Å². The molecular weight excluding hydrogens is 248 g/mol. The molecule has 0 spiro atoms. The lowest BCUT2D eigenvalue weighted by atomic mass is 9.95. The zero-order valence-corrected chi connectivity index (χ0v) is 10.9. The number of nitrogens with one attached hydrogen (secondary N) is 2. The quantitative estimate of drug-likeness (QED) is 0.781. The number of piperidine rings is 1. The minimum absolute atomic E-state index is 0.133. The lowest BCUT2D eigenvalue weighted by Gasteiger charge is -2.28. The molecule has 0 amide bonds. The second-order valence-electron chi connectivity index (χ2n) is 4.91. The van der Waals surface area contributed by atoms with Crippen molar-refractivity contribution in [2.75, 3.05) is 6.54 Å². The van der Waals surface area contributed by atoms with Gasteiger partial charge >= 0.3 is 0 Å². The van der Waals surface area contributed by atoms with E-state index in [0.29, 0.717) is 5.02 Å². The molecule has 3 rings (SSSR count). The Morgan fingerprint density at radius 1 is 1.33 bits per heavy atom. The predicted molar refractivity (Wildman–Crippen MR) is 73.9 cm³/mol. The third-order valence-corrected chi connectivity index (χ3v) is 4.05. The summed E-state index contributed by atoms with van der Waals surface area (Å²) in [5.41, 5.74) is 1.88. The lowest BCUT2D eigenvalue weighted by molar-refractivity contribution is 0.115. The highest BCUT2D eigenvalue weighted by Crippen LogP contribution is 2.33. The Kier molecular flexibility index (Phi) is 3.29. The summed E-state index contributed by atoms with van der Waals surface area (Å²) in [6.45, 7) is 0.984. The smallest absolute Gasteiger partial charge is 0.0964 e. The van der Waals surface area contributed by atoms with Gasteiger partial charge in [0.2, 0.25) is 0 Å². The van der Waals surface area contributed by atoms with Gasteiger partial charge < -0.3 is 15.4 Å². The monoisotopic (exact) mass is 264 g/mol. The van der Waals surface area contributed by atoms with Gasteiger partial charge in [0, 0.05) is 28.7 Å². The number of aromatic amines is 1. The molecule has 1 aromatic heterocycles. The minimum atomic E-state index is -0.501. The molecule has 18 heavy (non-hydrogen) atoms. The maximum absolute atomic E-state index is 10.5. The summed E-state index contributed by atoms with van der Waals surface area (Å²) in [5.74, 6) is 0. The maximum atomic E-state index is 10.5. The van der Waals surface area contributed by atoms with Gasteiger partial charge in [-0.1, -0.05) is 24.1 Å². The first kappa shape index (κ1) is 12.0. The Balaban J connectivity index is 1.98. The number of aliphatic hydroxyl groups is 1. The molecule has 2 aromatic rings. The van der Waals surface area contributed by atoms with E-state index in [1.165, 1.54) is 12.8 Å². The van der Waals surface area contributed by atoms with Gasteiger partial charge in [-0.15, -0.1) is 0 Å². The average Bonchev–Trinajstić information content (AvgIpc) is 2.84. The van der Waals surface area contributed by atoms with E-state index in [2.05, 4.69) is 10.3 Å². The number of rotatable bonds is 2. The van der Waals surface area contributed by atoms with Crippen molar-refractivity contribution in [2.24, 2.45) is 0 Å². The Morgan fingerprint density at radius 2 is 2.22 bits per heavy atom.